The van der Waals surface area contributed by atoms with Crippen molar-refractivity contribution in [3.8, 4) is 0 Å². The lowest BCUT2D eigenvalue weighted by Crippen LogP contribution is -2.54. The molecule has 2 unspecified atom stereocenters. The number of esters is 1. The molecule has 1 aliphatic heterocycles. The summed E-state index contributed by atoms with van der Waals surface area (Å²) < 4.78 is 18.6. The molecule has 1 saturated heterocycles. The fourth-order valence-electron chi connectivity index (χ4n) is 2.36. The Bertz CT molecular complexity index is 509. The van der Waals surface area contributed by atoms with Crippen LogP contribution in [0.4, 0.5) is 4.39 Å². The Labute approximate surface area is 124 Å². The van der Waals surface area contributed by atoms with E-state index in [2.05, 4.69) is 5.32 Å². The van der Waals surface area contributed by atoms with Crippen LogP contribution in [-0.4, -0.2) is 30.3 Å². The first-order valence-corrected chi connectivity index (χ1v) is 7.14. The molecular formula is C16H22FNO3. The van der Waals surface area contributed by atoms with Gasteiger partial charge in [-0.1, -0.05) is 12.1 Å². The minimum absolute atomic E-state index is 0.362. The van der Waals surface area contributed by atoms with Crippen molar-refractivity contribution in [2.75, 3.05) is 13.1 Å². The summed E-state index contributed by atoms with van der Waals surface area (Å²) in [5, 5.41) is 14.1. The zero-order chi connectivity index (χ0) is 15.7. The number of carbonyl (C=O) groups is 1. The Morgan fingerprint density at radius 1 is 1.38 bits per heavy atom. The molecule has 0 aliphatic carbocycles. The quantitative estimate of drug-likeness (QED) is 0.819. The minimum Gasteiger partial charge on any atom is -0.457 e. The summed E-state index contributed by atoms with van der Waals surface area (Å²) in [6.45, 7) is 6.28. The van der Waals surface area contributed by atoms with Crippen molar-refractivity contribution in [3.05, 3.63) is 35.6 Å². The van der Waals surface area contributed by atoms with Crippen LogP contribution in [0.1, 0.15) is 32.8 Å². The topological polar surface area (TPSA) is 58.6 Å². The molecule has 1 heterocycles. The average Bonchev–Trinajstić information content (AvgIpc) is 2.41. The maximum absolute atomic E-state index is 13.1. The van der Waals surface area contributed by atoms with Crippen molar-refractivity contribution in [3.63, 3.8) is 0 Å². The number of hydrogen-bond acceptors (Lipinski definition) is 4. The molecule has 1 fully saturated rings. The van der Waals surface area contributed by atoms with Gasteiger partial charge in [0.1, 0.15) is 17.5 Å². The third-order valence-corrected chi connectivity index (χ3v) is 3.75. The molecule has 0 aromatic heterocycles. The Balaban J connectivity index is 2.25. The Morgan fingerprint density at radius 3 is 2.57 bits per heavy atom. The summed E-state index contributed by atoms with van der Waals surface area (Å²) in [5.41, 5.74) is -1.36. The summed E-state index contributed by atoms with van der Waals surface area (Å²) in [6.07, 6.45) is -0.288. The van der Waals surface area contributed by atoms with Gasteiger partial charge in [-0.15, -0.1) is 0 Å². The van der Waals surface area contributed by atoms with Crippen molar-refractivity contribution in [1.82, 2.24) is 5.32 Å². The molecule has 1 aromatic rings. The lowest BCUT2D eigenvalue weighted by atomic mass is 9.82. The first-order valence-electron chi connectivity index (χ1n) is 7.14. The Morgan fingerprint density at radius 2 is 2.00 bits per heavy atom. The van der Waals surface area contributed by atoms with E-state index in [1.54, 1.807) is 32.9 Å². The van der Waals surface area contributed by atoms with E-state index in [0.29, 0.717) is 25.1 Å². The van der Waals surface area contributed by atoms with E-state index in [1.807, 2.05) is 0 Å². The van der Waals surface area contributed by atoms with Gasteiger partial charge in [-0.25, -0.2) is 4.39 Å². The van der Waals surface area contributed by atoms with Crippen LogP contribution in [0.2, 0.25) is 0 Å². The van der Waals surface area contributed by atoms with Crippen LogP contribution < -0.4 is 5.32 Å². The summed E-state index contributed by atoms with van der Waals surface area (Å²) >= 11 is 0. The van der Waals surface area contributed by atoms with E-state index in [-0.39, 0.29) is 11.8 Å². The largest absolute Gasteiger partial charge is 0.457 e. The highest BCUT2D eigenvalue weighted by Gasteiger charge is 2.44. The smallest absolute Gasteiger partial charge is 0.311 e. The molecule has 2 N–H and O–H groups in total. The first-order chi connectivity index (χ1) is 9.73. The lowest BCUT2D eigenvalue weighted by molar-refractivity contribution is -0.179. The zero-order valence-corrected chi connectivity index (χ0v) is 12.6. The molecule has 0 saturated carbocycles. The van der Waals surface area contributed by atoms with E-state index in [1.165, 1.54) is 12.1 Å². The minimum atomic E-state index is -1.29. The molecule has 4 nitrogen and oxygen atoms in total. The van der Waals surface area contributed by atoms with Crippen molar-refractivity contribution in [2.24, 2.45) is 5.41 Å². The Hall–Kier alpha value is -1.46. The number of halogens is 1. The molecule has 2 atom stereocenters. The SMILES string of the molecule is CC(C)(C)C(=O)OC1CNCCC1(O)c1ccc(F)cc1. The molecule has 2 rings (SSSR count). The van der Waals surface area contributed by atoms with E-state index < -0.39 is 17.1 Å². The van der Waals surface area contributed by atoms with E-state index in [9.17, 15) is 14.3 Å². The number of aliphatic hydroxyl groups is 1. The molecule has 0 bridgehead atoms. The summed E-state index contributed by atoms with van der Waals surface area (Å²) in [6, 6.07) is 5.69. The number of rotatable bonds is 2. The average molecular weight is 295 g/mol. The molecule has 116 valence electrons. The standard InChI is InChI=1S/C16H22FNO3/c1-15(2,3)14(19)21-13-10-18-9-8-16(13,20)11-4-6-12(17)7-5-11/h4-7,13,18,20H,8-10H2,1-3H3. The molecule has 1 aromatic carbocycles. The highest BCUT2D eigenvalue weighted by Crippen LogP contribution is 2.34. The molecule has 5 heteroatoms. The fourth-order valence-corrected chi connectivity index (χ4v) is 2.36. The third-order valence-electron chi connectivity index (χ3n) is 3.75. The summed E-state index contributed by atoms with van der Waals surface area (Å²) in [7, 11) is 0. The molecule has 21 heavy (non-hydrogen) atoms. The number of ether oxygens (including phenoxy) is 1. The second kappa shape index (κ2) is 5.73. The number of piperidine rings is 1. The van der Waals surface area contributed by atoms with Gasteiger partial charge >= 0.3 is 5.97 Å². The summed E-state index contributed by atoms with van der Waals surface area (Å²) in [5.74, 6) is -0.726. The van der Waals surface area contributed by atoms with Gasteiger partial charge in [0.25, 0.3) is 0 Å². The van der Waals surface area contributed by atoms with Gasteiger partial charge in [0.05, 0.1) is 5.41 Å². The van der Waals surface area contributed by atoms with Gasteiger partial charge in [-0.2, -0.15) is 0 Å². The predicted molar refractivity (Wildman–Crippen MR) is 77.1 cm³/mol. The lowest BCUT2D eigenvalue weighted by Gasteiger charge is -2.40. The molecule has 0 spiro atoms. The van der Waals surface area contributed by atoms with Crippen molar-refractivity contribution >= 4 is 5.97 Å². The number of benzene rings is 1. The van der Waals surface area contributed by atoms with Crippen LogP contribution in [0.25, 0.3) is 0 Å². The van der Waals surface area contributed by atoms with Crippen molar-refractivity contribution in [1.29, 1.82) is 0 Å². The van der Waals surface area contributed by atoms with Crippen LogP contribution in [0.15, 0.2) is 24.3 Å². The van der Waals surface area contributed by atoms with Crippen LogP contribution in [0.5, 0.6) is 0 Å². The normalized spacial score (nSPS) is 26.4. The van der Waals surface area contributed by atoms with E-state index in [4.69, 9.17) is 4.74 Å². The first kappa shape index (κ1) is 15.9. The van der Waals surface area contributed by atoms with Gasteiger partial charge in [0.2, 0.25) is 0 Å². The van der Waals surface area contributed by atoms with Crippen molar-refractivity contribution in [2.45, 2.75) is 38.9 Å². The number of carbonyl (C=O) groups excluding carboxylic acids is 1. The zero-order valence-electron chi connectivity index (χ0n) is 12.6. The maximum atomic E-state index is 13.1. The number of hydrogen-bond donors (Lipinski definition) is 2. The predicted octanol–water partition coefficient (Wildman–Crippen LogP) is 1.96. The monoisotopic (exact) mass is 295 g/mol. The van der Waals surface area contributed by atoms with Gasteiger partial charge < -0.3 is 15.2 Å². The second-order valence-corrected chi connectivity index (χ2v) is 6.53. The van der Waals surface area contributed by atoms with Gasteiger partial charge in [-0.3, -0.25) is 4.79 Å². The van der Waals surface area contributed by atoms with Crippen molar-refractivity contribution < 1.29 is 19.0 Å². The van der Waals surface area contributed by atoms with Crippen LogP contribution in [-0.2, 0) is 15.1 Å². The van der Waals surface area contributed by atoms with Crippen LogP contribution >= 0.6 is 0 Å². The highest BCUT2D eigenvalue weighted by atomic mass is 19.1. The molecule has 0 radical (unpaired) electrons. The summed E-state index contributed by atoms with van der Waals surface area (Å²) in [4.78, 5) is 12.1. The fraction of sp³-hybridized carbons (Fsp3) is 0.562. The second-order valence-electron chi connectivity index (χ2n) is 6.53. The van der Waals surface area contributed by atoms with Crippen LogP contribution in [0.3, 0.4) is 0 Å². The Kier molecular flexibility index (Phi) is 4.35. The van der Waals surface area contributed by atoms with E-state index >= 15 is 0 Å². The molecule has 1 aliphatic rings. The van der Waals surface area contributed by atoms with Gasteiger partial charge in [0, 0.05) is 6.54 Å². The van der Waals surface area contributed by atoms with Crippen LogP contribution in [0, 0.1) is 11.2 Å². The highest BCUT2D eigenvalue weighted by molar-refractivity contribution is 5.75. The molecule has 0 amide bonds. The van der Waals surface area contributed by atoms with E-state index in [0.717, 1.165) is 0 Å². The van der Waals surface area contributed by atoms with Gasteiger partial charge in [-0.05, 0) is 51.4 Å². The van der Waals surface area contributed by atoms with Gasteiger partial charge in [0.15, 0.2) is 0 Å². The third kappa shape index (κ3) is 3.41. The maximum Gasteiger partial charge on any atom is 0.311 e. The molecular weight excluding hydrogens is 273 g/mol. The number of nitrogens with one attached hydrogen (secondary N) is 1.